The maximum atomic E-state index is 5.76. The van der Waals surface area contributed by atoms with Gasteiger partial charge in [-0.15, -0.1) is 0 Å². The van der Waals surface area contributed by atoms with E-state index in [1.165, 1.54) is 0 Å². The molecule has 94 valence electrons. The van der Waals surface area contributed by atoms with Crippen LogP contribution in [0.15, 0.2) is 18.2 Å². The maximum Gasteiger partial charge on any atom is 0.144 e. The molecule has 1 fully saturated rings. The molecule has 1 aromatic rings. The van der Waals surface area contributed by atoms with Crippen LogP contribution in [-0.4, -0.2) is 32.4 Å². The molecule has 4 heteroatoms. The topological polar surface area (TPSA) is 47.7 Å². The standard InChI is InChI=1S/C13H20N2O2/c1-9-7-15(8-10(2)17-9)12-5-4-11(14)6-13(12)16-3/h4-6,9-10H,7-8,14H2,1-3H3/t9-,10-/m1/s1. The Balaban J connectivity index is 2.26. The minimum Gasteiger partial charge on any atom is -0.495 e. The minimum atomic E-state index is 0.237. The summed E-state index contributed by atoms with van der Waals surface area (Å²) in [5.74, 6) is 0.825. The quantitative estimate of drug-likeness (QED) is 0.797. The number of nitrogen functional groups attached to an aromatic ring is 1. The number of methoxy groups -OCH3 is 1. The van der Waals surface area contributed by atoms with Gasteiger partial charge in [0.2, 0.25) is 0 Å². The number of hydrogen-bond acceptors (Lipinski definition) is 4. The Morgan fingerprint density at radius 3 is 2.53 bits per heavy atom. The van der Waals surface area contributed by atoms with E-state index in [0.29, 0.717) is 0 Å². The van der Waals surface area contributed by atoms with Crippen LogP contribution in [0.1, 0.15) is 13.8 Å². The van der Waals surface area contributed by atoms with Gasteiger partial charge < -0.3 is 20.1 Å². The number of rotatable bonds is 2. The van der Waals surface area contributed by atoms with E-state index >= 15 is 0 Å². The summed E-state index contributed by atoms with van der Waals surface area (Å²) in [6, 6.07) is 5.78. The number of nitrogens with zero attached hydrogens (tertiary/aromatic N) is 1. The molecule has 4 nitrogen and oxygen atoms in total. The Labute approximate surface area is 102 Å². The second-order valence-corrected chi connectivity index (χ2v) is 4.59. The summed E-state index contributed by atoms with van der Waals surface area (Å²) in [5.41, 5.74) is 7.57. The van der Waals surface area contributed by atoms with E-state index in [2.05, 4.69) is 18.7 Å². The van der Waals surface area contributed by atoms with Crippen molar-refractivity contribution in [2.45, 2.75) is 26.1 Å². The molecular formula is C13H20N2O2. The molecule has 2 atom stereocenters. The third-order valence-electron chi connectivity index (χ3n) is 2.96. The highest BCUT2D eigenvalue weighted by molar-refractivity contribution is 5.64. The van der Waals surface area contributed by atoms with Crippen LogP contribution in [0.2, 0.25) is 0 Å². The molecule has 1 saturated heterocycles. The van der Waals surface area contributed by atoms with Crippen molar-refractivity contribution in [3.63, 3.8) is 0 Å². The number of anilines is 2. The van der Waals surface area contributed by atoms with Gasteiger partial charge in [0.05, 0.1) is 25.0 Å². The van der Waals surface area contributed by atoms with Crippen molar-refractivity contribution in [1.82, 2.24) is 0 Å². The molecule has 0 unspecified atom stereocenters. The summed E-state index contributed by atoms with van der Waals surface area (Å²) in [7, 11) is 1.67. The zero-order valence-corrected chi connectivity index (χ0v) is 10.6. The zero-order valence-electron chi connectivity index (χ0n) is 10.6. The fraction of sp³-hybridized carbons (Fsp3) is 0.538. The molecule has 0 aliphatic carbocycles. The van der Waals surface area contributed by atoms with E-state index in [1.54, 1.807) is 7.11 Å². The highest BCUT2D eigenvalue weighted by Gasteiger charge is 2.24. The highest BCUT2D eigenvalue weighted by Crippen LogP contribution is 2.32. The van der Waals surface area contributed by atoms with Gasteiger partial charge in [-0.1, -0.05) is 0 Å². The molecule has 2 N–H and O–H groups in total. The van der Waals surface area contributed by atoms with Crippen molar-refractivity contribution in [2.75, 3.05) is 30.8 Å². The Morgan fingerprint density at radius 2 is 1.94 bits per heavy atom. The van der Waals surface area contributed by atoms with E-state index in [1.807, 2.05) is 18.2 Å². The van der Waals surface area contributed by atoms with Crippen LogP contribution in [0, 0.1) is 0 Å². The average molecular weight is 236 g/mol. The number of ether oxygens (including phenoxy) is 2. The molecular weight excluding hydrogens is 216 g/mol. The first kappa shape index (κ1) is 12.0. The first-order valence-electron chi connectivity index (χ1n) is 5.94. The lowest BCUT2D eigenvalue weighted by atomic mass is 10.1. The summed E-state index contributed by atoms with van der Waals surface area (Å²) < 4.78 is 11.1. The molecule has 1 aromatic carbocycles. The summed E-state index contributed by atoms with van der Waals surface area (Å²) >= 11 is 0. The van der Waals surface area contributed by atoms with Crippen molar-refractivity contribution in [3.8, 4) is 5.75 Å². The number of hydrogen-bond donors (Lipinski definition) is 1. The van der Waals surface area contributed by atoms with Gasteiger partial charge >= 0.3 is 0 Å². The summed E-state index contributed by atoms with van der Waals surface area (Å²) in [5, 5.41) is 0. The fourth-order valence-corrected chi connectivity index (χ4v) is 2.33. The highest BCUT2D eigenvalue weighted by atomic mass is 16.5. The van der Waals surface area contributed by atoms with E-state index in [4.69, 9.17) is 15.2 Å². The zero-order chi connectivity index (χ0) is 12.4. The molecule has 0 spiro atoms. The molecule has 0 bridgehead atoms. The second-order valence-electron chi connectivity index (χ2n) is 4.59. The lowest BCUT2D eigenvalue weighted by Gasteiger charge is -2.37. The van der Waals surface area contributed by atoms with Crippen molar-refractivity contribution in [2.24, 2.45) is 0 Å². The first-order valence-corrected chi connectivity index (χ1v) is 5.94. The van der Waals surface area contributed by atoms with E-state index < -0.39 is 0 Å². The number of benzene rings is 1. The van der Waals surface area contributed by atoms with Crippen LogP contribution in [0.3, 0.4) is 0 Å². The summed E-state index contributed by atoms with van der Waals surface area (Å²) in [4.78, 5) is 2.29. The molecule has 0 aromatic heterocycles. The van der Waals surface area contributed by atoms with E-state index in [0.717, 1.165) is 30.2 Å². The smallest absolute Gasteiger partial charge is 0.144 e. The predicted molar refractivity (Wildman–Crippen MR) is 69.6 cm³/mol. The van der Waals surface area contributed by atoms with Crippen molar-refractivity contribution >= 4 is 11.4 Å². The molecule has 17 heavy (non-hydrogen) atoms. The van der Waals surface area contributed by atoms with Crippen LogP contribution >= 0.6 is 0 Å². The molecule has 2 rings (SSSR count). The SMILES string of the molecule is COc1cc(N)ccc1N1C[C@@H](C)O[C@H](C)C1. The van der Waals surface area contributed by atoms with Crippen LogP contribution < -0.4 is 15.4 Å². The maximum absolute atomic E-state index is 5.76. The van der Waals surface area contributed by atoms with Gasteiger partial charge in [-0.2, -0.15) is 0 Å². The lowest BCUT2D eigenvalue weighted by molar-refractivity contribution is -0.00532. The number of nitrogens with two attached hydrogens (primary N) is 1. The third-order valence-corrected chi connectivity index (χ3v) is 2.96. The molecule has 0 saturated carbocycles. The predicted octanol–water partition coefficient (Wildman–Crippen LogP) is 1.89. The average Bonchev–Trinajstić information content (AvgIpc) is 2.27. The Morgan fingerprint density at radius 1 is 1.29 bits per heavy atom. The molecule has 1 aliphatic rings. The molecule has 0 radical (unpaired) electrons. The van der Waals surface area contributed by atoms with Crippen LogP contribution in [0.25, 0.3) is 0 Å². The molecule has 1 heterocycles. The van der Waals surface area contributed by atoms with Crippen molar-refractivity contribution in [1.29, 1.82) is 0 Å². The molecule has 1 aliphatic heterocycles. The van der Waals surface area contributed by atoms with Crippen molar-refractivity contribution < 1.29 is 9.47 Å². The van der Waals surface area contributed by atoms with Gasteiger partial charge in [0, 0.05) is 24.8 Å². The number of morpholine rings is 1. The van der Waals surface area contributed by atoms with Crippen molar-refractivity contribution in [3.05, 3.63) is 18.2 Å². The lowest BCUT2D eigenvalue weighted by Crippen LogP contribution is -2.45. The van der Waals surface area contributed by atoms with Gasteiger partial charge in [-0.3, -0.25) is 0 Å². The van der Waals surface area contributed by atoms with Gasteiger partial charge in [0.1, 0.15) is 5.75 Å². The molecule has 0 amide bonds. The van der Waals surface area contributed by atoms with Gasteiger partial charge in [0.15, 0.2) is 0 Å². The van der Waals surface area contributed by atoms with Gasteiger partial charge in [-0.05, 0) is 26.0 Å². The van der Waals surface area contributed by atoms with Crippen LogP contribution in [0.4, 0.5) is 11.4 Å². The summed E-state index contributed by atoms with van der Waals surface area (Å²) in [6.45, 7) is 5.94. The fourth-order valence-electron chi connectivity index (χ4n) is 2.33. The van der Waals surface area contributed by atoms with E-state index in [-0.39, 0.29) is 12.2 Å². The monoisotopic (exact) mass is 236 g/mol. The van der Waals surface area contributed by atoms with Crippen LogP contribution in [0.5, 0.6) is 5.75 Å². The second kappa shape index (κ2) is 4.84. The first-order chi connectivity index (χ1) is 8.10. The van der Waals surface area contributed by atoms with Gasteiger partial charge in [0.25, 0.3) is 0 Å². The Bertz CT molecular complexity index is 385. The third kappa shape index (κ3) is 2.64. The Kier molecular flexibility index (Phi) is 3.43. The minimum absolute atomic E-state index is 0.237. The van der Waals surface area contributed by atoms with E-state index in [9.17, 15) is 0 Å². The largest absolute Gasteiger partial charge is 0.495 e. The normalized spacial score (nSPS) is 24.8. The Hall–Kier alpha value is -1.42. The van der Waals surface area contributed by atoms with Gasteiger partial charge in [-0.25, -0.2) is 0 Å². The van der Waals surface area contributed by atoms with Crippen LogP contribution in [-0.2, 0) is 4.74 Å². The summed E-state index contributed by atoms with van der Waals surface area (Å²) in [6.07, 6.45) is 0.474.